The number of rotatable bonds is 5. The number of thiocarbonyl (C=S) groups is 1. The maximum absolute atomic E-state index is 14.6. The number of nitrogens with zero attached hydrogens (tertiary/aromatic N) is 3. The molecule has 0 spiro atoms. The zero-order valence-corrected chi connectivity index (χ0v) is 14.8. The van der Waals surface area contributed by atoms with Crippen molar-refractivity contribution in [1.82, 2.24) is 10.4 Å². The van der Waals surface area contributed by atoms with Gasteiger partial charge in [-0.2, -0.15) is 5.10 Å². The predicted octanol–water partition coefficient (Wildman–Crippen LogP) is 1.37. The number of hydrogen-bond acceptors (Lipinski definition) is 6. The average molecular weight is 389 g/mol. The maximum atomic E-state index is 14.6. The van der Waals surface area contributed by atoms with Gasteiger partial charge in [0.15, 0.2) is 5.11 Å². The first-order chi connectivity index (χ1) is 13.0. The van der Waals surface area contributed by atoms with Gasteiger partial charge in [0.05, 0.1) is 30.7 Å². The molecule has 4 N–H and O–H groups in total. The van der Waals surface area contributed by atoms with E-state index in [2.05, 4.69) is 27.7 Å². The molecule has 0 unspecified atom stereocenters. The van der Waals surface area contributed by atoms with E-state index < -0.39 is 18.0 Å². The lowest BCUT2D eigenvalue weighted by atomic mass is 10.1. The van der Waals surface area contributed by atoms with E-state index in [0.717, 1.165) is 0 Å². The normalized spacial score (nSPS) is 16.6. The van der Waals surface area contributed by atoms with Gasteiger partial charge in [0, 0.05) is 17.3 Å². The Morgan fingerprint density at radius 2 is 2.33 bits per heavy atom. The van der Waals surface area contributed by atoms with E-state index in [-0.39, 0.29) is 18.3 Å². The number of nitrogens with one attached hydrogen (secondary N) is 1. The molecule has 1 aromatic carbocycles. The lowest BCUT2D eigenvalue weighted by Crippen LogP contribution is -2.25. The molecular weight excluding hydrogens is 373 g/mol. The van der Waals surface area contributed by atoms with Crippen LogP contribution in [-0.4, -0.2) is 46.8 Å². The summed E-state index contributed by atoms with van der Waals surface area (Å²) in [6.07, 6.45) is 1.71. The Morgan fingerprint density at radius 3 is 2.93 bits per heavy atom. The first-order valence-corrected chi connectivity index (χ1v) is 8.32. The molecule has 0 saturated carbocycles. The SMILES string of the molecule is NC(=S)N/N=C/c1ccc(-c2ccc(N3C[C@H](CO)OC3=O)cc2F)cn1. The maximum Gasteiger partial charge on any atom is 0.414 e. The second kappa shape index (κ2) is 8.06. The fraction of sp³-hybridized carbons (Fsp3) is 0.176. The third-order valence-electron chi connectivity index (χ3n) is 3.81. The van der Waals surface area contributed by atoms with Crippen molar-refractivity contribution in [1.29, 1.82) is 0 Å². The van der Waals surface area contributed by atoms with Gasteiger partial charge in [-0.1, -0.05) is 6.07 Å². The molecule has 1 fully saturated rings. The van der Waals surface area contributed by atoms with Crippen molar-refractivity contribution in [3.8, 4) is 11.1 Å². The Hall–Kier alpha value is -3.11. The van der Waals surface area contributed by atoms with Gasteiger partial charge in [-0.05, 0) is 36.5 Å². The summed E-state index contributed by atoms with van der Waals surface area (Å²) in [5, 5.41) is 12.9. The largest absolute Gasteiger partial charge is 0.441 e. The molecule has 1 aliphatic rings. The number of hydrazone groups is 1. The molecule has 10 heteroatoms. The van der Waals surface area contributed by atoms with Crippen LogP contribution in [0.4, 0.5) is 14.9 Å². The van der Waals surface area contributed by atoms with Gasteiger partial charge < -0.3 is 15.6 Å². The van der Waals surface area contributed by atoms with Gasteiger partial charge in [-0.3, -0.25) is 15.3 Å². The predicted molar refractivity (Wildman–Crippen MR) is 102 cm³/mol. The molecule has 1 aliphatic heterocycles. The number of hydrogen-bond donors (Lipinski definition) is 3. The Kier molecular flexibility index (Phi) is 5.57. The minimum absolute atomic E-state index is 0.0391. The van der Waals surface area contributed by atoms with Crippen molar-refractivity contribution in [2.75, 3.05) is 18.1 Å². The van der Waals surface area contributed by atoms with Crippen molar-refractivity contribution in [3.63, 3.8) is 0 Å². The summed E-state index contributed by atoms with van der Waals surface area (Å²) >= 11 is 4.63. The van der Waals surface area contributed by atoms with Gasteiger partial charge in [0.25, 0.3) is 0 Å². The third-order valence-corrected chi connectivity index (χ3v) is 3.90. The molecule has 1 atom stereocenters. The molecule has 8 nitrogen and oxygen atoms in total. The van der Waals surface area contributed by atoms with Crippen molar-refractivity contribution in [2.45, 2.75) is 6.10 Å². The molecule has 140 valence electrons. The monoisotopic (exact) mass is 389 g/mol. The number of anilines is 1. The number of ether oxygens (including phenoxy) is 1. The molecule has 2 aromatic rings. The highest BCUT2D eigenvalue weighted by atomic mass is 32.1. The van der Waals surface area contributed by atoms with Gasteiger partial charge in [0.2, 0.25) is 0 Å². The van der Waals surface area contributed by atoms with E-state index in [1.165, 1.54) is 23.4 Å². The van der Waals surface area contributed by atoms with E-state index in [0.29, 0.717) is 22.5 Å². The summed E-state index contributed by atoms with van der Waals surface area (Å²) < 4.78 is 19.5. The van der Waals surface area contributed by atoms with Crippen LogP contribution in [0.15, 0.2) is 41.6 Å². The minimum atomic E-state index is -0.614. The van der Waals surface area contributed by atoms with Crippen LogP contribution in [0.25, 0.3) is 11.1 Å². The Bertz CT molecular complexity index is 891. The minimum Gasteiger partial charge on any atom is -0.441 e. The molecule has 0 radical (unpaired) electrons. The molecule has 3 rings (SSSR count). The number of aliphatic hydroxyl groups is 1. The summed E-state index contributed by atoms with van der Waals surface area (Å²) in [7, 11) is 0. The fourth-order valence-electron chi connectivity index (χ4n) is 2.54. The molecule has 2 heterocycles. The molecule has 1 saturated heterocycles. The number of pyridine rings is 1. The highest BCUT2D eigenvalue weighted by molar-refractivity contribution is 7.80. The number of cyclic esters (lactones) is 1. The van der Waals surface area contributed by atoms with Crippen molar-refractivity contribution in [3.05, 3.63) is 48.0 Å². The summed E-state index contributed by atoms with van der Waals surface area (Å²) in [5.41, 5.74) is 9.46. The number of halogens is 1. The fourth-order valence-corrected chi connectivity index (χ4v) is 2.59. The van der Waals surface area contributed by atoms with E-state index in [9.17, 15) is 9.18 Å². The molecule has 1 aromatic heterocycles. The van der Waals surface area contributed by atoms with Gasteiger partial charge >= 0.3 is 6.09 Å². The van der Waals surface area contributed by atoms with E-state index in [1.807, 2.05) is 0 Å². The van der Waals surface area contributed by atoms with Crippen LogP contribution in [0.1, 0.15) is 5.69 Å². The van der Waals surface area contributed by atoms with Crippen LogP contribution in [-0.2, 0) is 4.74 Å². The van der Waals surface area contributed by atoms with Crippen molar-refractivity contribution in [2.24, 2.45) is 10.8 Å². The van der Waals surface area contributed by atoms with E-state index in [4.69, 9.17) is 15.6 Å². The van der Waals surface area contributed by atoms with Crippen molar-refractivity contribution < 1.29 is 19.0 Å². The Morgan fingerprint density at radius 1 is 1.52 bits per heavy atom. The molecule has 0 aliphatic carbocycles. The van der Waals surface area contributed by atoms with Crippen LogP contribution >= 0.6 is 12.2 Å². The number of amides is 1. The molecule has 1 amide bonds. The van der Waals surface area contributed by atoms with Gasteiger partial charge in [-0.25, -0.2) is 9.18 Å². The third kappa shape index (κ3) is 4.36. The quantitative estimate of drug-likeness (QED) is 0.402. The van der Waals surface area contributed by atoms with Crippen molar-refractivity contribution >= 4 is 35.3 Å². The Balaban J connectivity index is 1.77. The Labute approximate surface area is 159 Å². The van der Waals surface area contributed by atoms with Gasteiger partial charge in [-0.15, -0.1) is 0 Å². The summed E-state index contributed by atoms with van der Waals surface area (Å²) in [5.74, 6) is -0.508. The number of benzene rings is 1. The lowest BCUT2D eigenvalue weighted by molar-refractivity contribution is 0.0963. The zero-order chi connectivity index (χ0) is 19.4. The van der Waals surface area contributed by atoms with E-state index >= 15 is 0 Å². The number of carbonyl (C=O) groups is 1. The highest BCUT2D eigenvalue weighted by Crippen LogP contribution is 2.28. The second-order valence-corrected chi connectivity index (χ2v) is 6.11. The van der Waals surface area contributed by atoms with Crippen LogP contribution in [0.2, 0.25) is 0 Å². The lowest BCUT2D eigenvalue weighted by Gasteiger charge is -2.14. The number of aliphatic hydroxyl groups excluding tert-OH is 1. The standard InChI is InChI=1S/C17H16FN5O3S/c18-15-5-12(23-8-13(9-24)26-17(23)25)3-4-14(15)10-1-2-11(20-6-10)7-21-22-16(19)27/h1-7,13,24H,8-9H2,(H3,19,22,27)/b21-7+/t13-/m1/s1. The van der Waals surface area contributed by atoms with Crippen LogP contribution in [0.3, 0.4) is 0 Å². The molecular formula is C17H16FN5O3S. The molecule has 0 bridgehead atoms. The van der Waals surface area contributed by atoms with Crippen LogP contribution < -0.4 is 16.1 Å². The van der Waals surface area contributed by atoms with E-state index in [1.54, 1.807) is 24.3 Å². The highest BCUT2D eigenvalue weighted by Gasteiger charge is 2.32. The average Bonchev–Trinajstić information content (AvgIpc) is 3.03. The number of carbonyl (C=O) groups excluding carboxylic acids is 1. The van der Waals surface area contributed by atoms with Crippen LogP contribution in [0.5, 0.6) is 0 Å². The number of nitrogens with two attached hydrogens (primary N) is 1. The summed E-state index contributed by atoms with van der Waals surface area (Å²) in [4.78, 5) is 17.3. The second-order valence-electron chi connectivity index (χ2n) is 5.67. The van der Waals surface area contributed by atoms with Crippen LogP contribution in [0, 0.1) is 5.82 Å². The van der Waals surface area contributed by atoms with Gasteiger partial charge in [0.1, 0.15) is 11.9 Å². The summed E-state index contributed by atoms with van der Waals surface area (Å²) in [6.45, 7) is -0.110. The first kappa shape index (κ1) is 18.7. The first-order valence-electron chi connectivity index (χ1n) is 7.91. The zero-order valence-electron chi connectivity index (χ0n) is 14.0. The smallest absolute Gasteiger partial charge is 0.414 e. The topological polar surface area (TPSA) is 113 Å². The number of aromatic nitrogens is 1. The molecule has 27 heavy (non-hydrogen) atoms. The summed E-state index contributed by atoms with van der Waals surface area (Å²) in [6, 6.07) is 7.78.